The summed E-state index contributed by atoms with van der Waals surface area (Å²) in [6.45, 7) is 6.75. The van der Waals surface area contributed by atoms with Gasteiger partial charge in [0.1, 0.15) is 5.16 Å². The van der Waals surface area contributed by atoms with Crippen molar-refractivity contribution >= 4 is 23.5 Å². The minimum Gasteiger partial charge on any atom is -0.365 e. The number of amidine groups is 1. The summed E-state index contributed by atoms with van der Waals surface area (Å²) in [5.41, 5.74) is 0. The molecule has 0 spiro atoms. The summed E-state index contributed by atoms with van der Waals surface area (Å²) >= 11 is 5.68. The molecule has 1 heterocycles. The van der Waals surface area contributed by atoms with Crippen molar-refractivity contribution in [1.82, 2.24) is 15.5 Å². The van der Waals surface area contributed by atoms with E-state index in [9.17, 15) is 9.18 Å². The molecule has 2 atom stereocenters. The summed E-state index contributed by atoms with van der Waals surface area (Å²) in [5, 5.41) is 6.24. The SMILES string of the molecule is C=C(Cl)/N=C(N[C@H]1CCC[C@@H](NC(=O)N2CCCC2)C1)\C(F)=C/C. The fourth-order valence-corrected chi connectivity index (χ4v) is 3.33. The molecule has 0 aromatic carbocycles. The van der Waals surface area contributed by atoms with Crippen molar-refractivity contribution in [3.05, 3.63) is 23.6 Å². The molecule has 0 aromatic heterocycles. The van der Waals surface area contributed by atoms with E-state index in [1.165, 1.54) is 6.08 Å². The second kappa shape index (κ2) is 9.06. The number of rotatable bonds is 4. The van der Waals surface area contributed by atoms with Gasteiger partial charge >= 0.3 is 6.03 Å². The van der Waals surface area contributed by atoms with Crippen molar-refractivity contribution in [2.45, 2.75) is 57.5 Å². The molecule has 24 heavy (non-hydrogen) atoms. The Morgan fingerprint density at radius 3 is 2.46 bits per heavy atom. The molecule has 7 heteroatoms. The maximum atomic E-state index is 13.9. The minimum atomic E-state index is -0.458. The molecule has 0 aromatic rings. The van der Waals surface area contributed by atoms with Gasteiger partial charge in [-0.15, -0.1) is 0 Å². The maximum absolute atomic E-state index is 13.9. The Morgan fingerprint density at radius 2 is 1.88 bits per heavy atom. The van der Waals surface area contributed by atoms with Gasteiger partial charge in [-0.2, -0.15) is 0 Å². The van der Waals surface area contributed by atoms with Crippen LogP contribution >= 0.6 is 11.6 Å². The van der Waals surface area contributed by atoms with Crippen LogP contribution in [0.2, 0.25) is 0 Å². The standard InChI is InChI=1S/C17H26ClFN4O/c1-3-15(19)16(20-12(2)18)21-13-7-6-8-14(11-13)22-17(24)23-9-4-5-10-23/h3,13-14H,2,4-11H2,1H3,(H,20,21)(H,22,24)/b15-3+/t13-,14+/m0/s1. The Kier molecular flexibility index (Phi) is 7.09. The monoisotopic (exact) mass is 356 g/mol. The Hall–Kier alpha value is -1.56. The van der Waals surface area contributed by atoms with Crippen LogP contribution in [-0.2, 0) is 0 Å². The van der Waals surface area contributed by atoms with Gasteiger partial charge in [0, 0.05) is 25.2 Å². The van der Waals surface area contributed by atoms with E-state index in [0.29, 0.717) is 0 Å². The first-order valence-corrected chi connectivity index (χ1v) is 8.94. The molecule has 2 amide bonds. The normalized spacial score (nSPS) is 25.5. The van der Waals surface area contributed by atoms with Gasteiger partial charge in [-0.3, -0.25) is 0 Å². The van der Waals surface area contributed by atoms with E-state index in [1.807, 2.05) is 4.90 Å². The summed E-state index contributed by atoms with van der Waals surface area (Å²) < 4.78 is 13.9. The third-order valence-electron chi connectivity index (χ3n) is 4.45. The van der Waals surface area contributed by atoms with Crippen LogP contribution in [0.1, 0.15) is 45.4 Å². The average molecular weight is 357 g/mol. The number of hydrogen-bond donors (Lipinski definition) is 2. The Balaban J connectivity index is 1.91. The molecular formula is C17H26ClFN4O. The van der Waals surface area contributed by atoms with Crippen molar-refractivity contribution in [2.24, 2.45) is 4.99 Å². The maximum Gasteiger partial charge on any atom is 0.317 e. The van der Waals surface area contributed by atoms with E-state index in [2.05, 4.69) is 22.2 Å². The number of halogens is 2. The highest BCUT2D eigenvalue weighted by Crippen LogP contribution is 2.20. The van der Waals surface area contributed by atoms with Crippen molar-refractivity contribution in [3.8, 4) is 0 Å². The van der Waals surface area contributed by atoms with E-state index >= 15 is 0 Å². The molecule has 1 aliphatic carbocycles. The van der Waals surface area contributed by atoms with Crippen LogP contribution in [0.15, 0.2) is 28.6 Å². The Morgan fingerprint density at radius 1 is 1.25 bits per heavy atom. The van der Waals surface area contributed by atoms with Gasteiger partial charge in [-0.05, 0) is 51.5 Å². The lowest BCUT2D eigenvalue weighted by atomic mass is 9.91. The quantitative estimate of drug-likeness (QED) is 0.458. The average Bonchev–Trinajstić information content (AvgIpc) is 3.08. The second-order valence-corrected chi connectivity index (χ2v) is 6.76. The van der Waals surface area contributed by atoms with E-state index in [0.717, 1.165) is 51.6 Å². The molecule has 2 N–H and O–H groups in total. The van der Waals surface area contributed by atoms with Crippen LogP contribution in [0, 0.1) is 0 Å². The van der Waals surface area contributed by atoms with E-state index < -0.39 is 5.83 Å². The lowest BCUT2D eigenvalue weighted by Crippen LogP contribution is -2.49. The van der Waals surface area contributed by atoms with Crippen molar-refractivity contribution in [2.75, 3.05) is 13.1 Å². The van der Waals surface area contributed by atoms with Crippen LogP contribution in [-0.4, -0.2) is 41.9 Å². The first-order chi connectivity index (χ1) is 11.5. The highest BCUT2D eigenvalue weighted by atomic mass is 35.5. The van der Waals surface area contributed by atoms with Crippen LogP contribution in [0.25, 0.3) is 0 Å². The topological polar surface area (TPSA) is 56.7 Å². The Labute approximate surface area is 148 Å². The summed E-state index contributed by atoms with van der Waals surface area (Å²) in [4.78, 5) is 18.0. The third kappa shape index (κ3) is 5.51. The summed E-state index contributed by atoms with van der Waals surface area (Å²) in [6.07, 6.45) is 7.04. The fourth-order valence-electron chi connectivity index (χ4n) is 3.24. The molecule has 0 bridgehead atoms. The van der Waals surface area contributed by atoms with E-state index in [-0.39, 0.29) is 29.1 Å². The minimum absolute atomic E-state index is 0.0146. The zero-order valence-electron chi connectivity index (χ0n) is 14.2. The van der Waals surface area contributed by atoms with Gasteiger partial charge in [-0.25, -0.2) is 14.2 Å². The zero-order valence-corrected chi connectivity index (χ0v) is 14.9. The van der Waals surface area contributed by atoms with Crippen LogP contribution in [0.5, 0.6) is 0 Å². The number of allylic oxidation sites excluding steroid dienone is 1. The number of carbonyl (C=O) groups is 1. The predicted octanol–water partition coefficient (Wildman–Crippen LogP) is 3.67. The molecular weight excluding hydrogens is 331 g/mol. The number of carbonyl (C=O) groups excluding carboxylic acids is 1. The van der Waals surface area contributed by atoms with Crippen LogP contribution in [0.4, 0.5) is 9.18 Å². The summed E-state index contributed by atoms with van der Waals surface area (Å²) in [7, 11) is 0. The number of nitrogens with one attached hydrogen (secondary N) is 2. The molecule has 2 fully saturated rings. The van der Waals surface area contributed by atoms with Gasteiger partial charge in [0.15, 0.2) is 11.7 Å². The second-order valence-electron chi connectivity index (χ2n) is 6.32. The summed E-state index contributed by atoms with van der Waals surface area (Å²) in [5.74, 6) is -0.353. The zero-order chi connectivity index (χ0) is 17.5. The fraction of sp³-hybridized carbons (Fsp3) is 0.647. The van der Waals surface area contributed by atoms with Crippen LogP contribution in [0.3, 0.4) is 0 Å². The lowest BCUT2D eigenvalue weighted by molar-refractivity contribution is 0.198. The van der Waals surface area contributed by atoms with Gasteiger partial charge in [0.05, 0.1) is 0 Å². The number of aliphatic imine (C=N–C) groups is 1. The first-order valence-electron chi connectivity index (χ1n) is 8.57. The largest absolute Gasteiger partial charge is 0.365 e. The van der Waals surface area contributed by atoms with Gasteiger partial charge < -0.3 is 15.5 Å². The van der Waals surface area contributed by atoms with Crippen LogP contribution < -0.4 is 10.6 Å². The lowest BCUT2D eigenvalue weighted by Gasteiger charge is -2.32. The van der Waals surface area contributed by atoms with Gasteiger partial charge in [0.2, 0.25) is 0 Å². The molecule has 2 aliphatic rings. The van der Waals surface area contributed by atoms with Crippen molar-refractivity contribution < 1.29 is 9.18 Å². The number of amides is 2. The molecule has 2 rings (SSSR count). The smallest absolute Gasteiger partial charge is 0.317 e. The van der Waals surface area contributed by atoms with Gasteiger partial charge in [0.25, 0.3) is 0 Å². The molecule has 0 unspecified atom stereocenters. The van der Waals surface area contributed by atoms with E-state index in [4.69, 9.17) is 11.6 Å². The first kappa shape index (κ1) is 18.8. The van der Waals surface area contributed by atoms with E-state index in [1.54, 1.807) is 6.92 Å². The highest BCUT2D eigenvalue weighted by Gasteiger charge is 2.27. The summed E-state index contributed by atoms with van der Waals surface area (Å²) in [6, 6.07) is 0.155. The molecule has 0 radical (unpaired) electrons. The third-order valence-corrected chi connectivity index (χ3v) is 4.53. The Bertz CT molecular complexity index is 529. The number of urea groups is 1. The molecule has 1 aliphatic heterocycles. The van der Waals surface area contributed by atoms with Crippen molar-refractivity contribution in [1.29, 1.82) is 0 Å². The molecule has 1 saturated heterocycles. The van der Waals surface area contributed by atoms with Crippen molar-refractivity contribution in [3.63, 3.8) is 0 Å². The number of likely N-dealkylation sites (tertiary alicyclic amines) is 1. The van der Waals surface area contributed by atoms with Gasteiger partial charge in [-0.1, -0.05) is 18.2 Å². The molecule has 1 saturated carbocycles. The molecule has 134 valence electrons. The highest BCUT2D eigenvalue weighted by molar-refractivity contribution is 6.29. The molecule has 5 nitrogen and oxygen atoms in total. The number of hydrogen-bond acceptors (Lipinski definition) is 2. The number of nitrogens with zero attached hydrogens (tertiary/aromatic N) is 2. The predicted molar refractivity (Wildman–Crippen MR) is 95.8 cm³/mol.